The van der Waals surface area contributed by atoms with Crippen LogP contribution in [0.4, 0.5) is 0 Å². The second-order valence-corrected chi connectivity index (χ2v) is 4.78. The standard InChI is InChI=1S/C12H22/c1-10(2)7-8-12(5,6)9-11(3)4/h7H,3,8-9H2,1-2,4-6H3. The van der Waals surface area contributed by atoms with Crippen LogP contribution < -0.4 is 0 Å². The van der Waals surface area contributed by atoms with E-state index in [1.807, 2.05) is 0 Å². The Morgan fingerprint density at radius 2 is 1.75 bits per heavy atom. The molecule has 0 nitrogen and oxygen atoms in total. The maximum atomic E-state index is 3.95. The van der Waals surface area contributed by atoms with Gasteiger partial charge in [-0.25, -0.2) is 0 Å². The molecule has 0 fully saturated rings. The van der Waals surface area contributed by atoms with E-state index < -0.39 is 0 Å². The Balaban J connectivity index is 4.04. The first-order valence-electron chi connectivity index (χ1n) is 4.61. The zero-order chi connectivity index (χ0) is 9.78. The van der Waals surface area contributed by atoms with Crippen LogP contribution in [0.5, 0.6) is 0 Å². The van der Waals surface area contributed by atoms with Crippen molar-refractivity contribution >= 4 is 0 Å². The van der Waals surface area contributed by atoms with Crippen molar-refractivity contribution in [2.45, 2.75) is 47.5 Å². The topological polar surface area (TPSA) is 0 Å². The molecule has 12 heavy (non-hydrogen) atoms. The molecule has 0 heteroatoms. The average Bonchev–Trinajstić information content (AvgIpc) is 1.81. The van der Waals surface area contributed by atoms with Gasteiger partial charge in [0.05, 0.1) is 0 Å². The van der Waals surface area contributed by atoms with Crippen molar-refractivity contribution in [3.05, 3.63) is 23.8 Å². The zero-order valence-corrected chi connectivity index (χ0v) is 9.20. The Hall–Kier alpha value is -0.520. The maximum absolute atomic E-state index is 3.95. The first kappa shape index (κ1) is 11.5. The molecule has 0 unspecified atom stereocenters. The Morgan fingerprint density at radius 1 is 1.25 bits per heavy atom. The quantitative estimate of drug-likeness (QED) is 0.545. The molecule has 0 aliphatic heterocycles. The van der Waals surface area contributed by atoms with Crippen molar-refractivity contribution < 1.29 is 0 Å². The molecule has 0 spiro atoms. The molecule has 0 atom stereocenters. The van der Waals surface area contributed by atoms with E-state index in [1.54, 1.807) is 0 Å². The van der Waals surface area contributed by atoms with Crippen LogP contribution in [-0.4, -0.2) is 0 Å². The van der Waals surface area contributed by atoms with Crippen molar-refractivity contribution in [2.24, 2.45) is 5.41 Å². The fraction of sp³-hybridized carbons (Fsp3) is 0.667. The summed E-state index contributed by atoms with van der Waals surface area (Å²) in [5, 5.41) is 0. The Kier molecular flexibility index (Phi) is 4.30. The zero-order valence-electron chi connectivity index (χ0n) is 9.20. The van der Waals surface area contributed by atoms with E-state index in [-0.39, 0.29) is 0 Å². The summed E-state index contributed by atoms with van der Waals surface area (Å²) in [5.41, 5.74) is 3.07. The van der Waals surface area contributed by atoms with Crippen LogP contribution in [0.2, 0.25) is 0 Å². The minimum atomic E-state index is 0.378. The van der Waals surface area contributed by atoms with E-state index in [2.05, 4.69) is 47.3 Å². The SMILES string of the molecule is C=C(C)CC(C)(C)CC=C(C)C. The predicted molar refractivity (Wildman–Crippen MR) is 57.3 cm³/mol. The molecule has 0 amide bonds. The van der Waals surface area contributed by atoms with Crippen molar-refractivity contribution in [3.63, 3.8) is 0 Å². The highest BCUT2D eigenvalue weighted by molar-refractivity contribution is 5.00. The fourth-order valence-electron chi connectivity index (χ4n) is 1.37. The van der Waals surface area contributed by atoms with E-state index in [4.69, 9.17) is 0 Å². The molecule has 0 radical (unpaired) electrons. The highest BCUT2D eigenvalue weighted by Gasteiger charge is 2.15. The van der Waals surface area contributed by atoms with Gasteiger partial charge in [0.2, 0.25) is 0 Å². The summed E-state index contributed by atoms with van der Waals surface area (Å²) in [7, 11) is 0. The molecule has 0 bridgehead atoms. The van der Waals surface area contributed by atoms with Gasteiger partial charge in [0.15, 0.2) is 0 Å². The molecule has 70 valence electrons. The van der Waals surface area contributed by atoms with Gasteiger partial charge in [0.1, 0.15) is 0 Å². The molecular formula is C12H22. The lowest BCUT2D eigenvalue weighted by Gasteiger charge is -2.23. The lowest BCUT2D eigenvalue weighted by molar-refractivity contribution is 0.367. The molecule has 0 saturated carbocycles. The summed E-state index contributed by atoms with van der Waals surface area (Å²) in [4.78, 5) is 0. The van der Waals surface area contributed by atoms with Crippen molar-refractivity contribution in [2.75, 3.05) is 0 Å². The second kappa shape index (κ2) is 4.49. The van der Waals surface area contributed by atoms with Crippen LogP contribution in [0, 0.1) is 5.41 Å². The summed E-state index contributed by atoms with van der Waals surface area (Å²) in [5.74, 6) is 0. The second-order valence-electron chi connectivity index (χ2n) is 4.78. The largest absolute Gasteiger partial charge is 0.100 e. The minimum absolute atomic E-state index is 0.378. The Bertz CT molecular complexity index is 178. The van der Waals surface area contributed by atoms with Crippen LogP contribution in [0.1, 0.15) is 47.5 Å². The van der Waals surface area contributed by atoms with Crippen LogP contribution >= 0.6 is 0 Å². The van der Waals surface area contributed by atoms with Gasteiger partial charge in [-0.2, -0.15) is 0 Å². The van der Waals surface area contributed by atoms with E-state index >= 15 is 0 Å². The number of rotatable bonds is 4. The summed E-state index contributed by atoms with van der Waals surface area (Å²) >= 11 is 0. The molecule has 0 saturated heterocycles. The van der Waals surface area contributed by atoms with Crippen molar-refractivity contribution in [3.8, 4) is 0 Å². The van der Waals surface area contributed by atoms with E-state index in [9.17, 15) is 0 Å². The third-order valence-electron chi connectivity index (χ3n) is 1.84. The summed E-state index contributed by atoms with van der Waals surface area (Å²) < 4.78 is 0. The van der Waals surface area contributed by atoms with Gasteiger partial charge in [-0.05, 0) is 39.0 Å². The van der Waals surface area contributed by atoms with Crippen molar-refractivity contribution in [1.29, 1.82) is 0 Å². The van der Waals surface area contributed by atoms with Gasteiger partial charge in [0.25, 0.3) is 0 Å². The maximum Gasteiger partial charge on any atom is -0.0271 e. The summed E-state index contributed by atoms with van der Waals surface area (Å²) in [6, 6.07) is 0. The van der Waals surface area contributed by atoms with Crippen LogP contribution in [0.25, 0.3) is 0 Å². The highest BCUT2D eigenvalue weighted by Crippen LogP contribution is 2.29. The molecule has 0 aliphatic rings. The Morgan fingerprint density at radius 3 is 2.08 bits per heavy atom. The number of hydrogen-bond donors (Lipinski definition) is 0. The summed E-state index contributed by atoms with van der Waals surface area (Å²) in [6.07, 6.45) is 4.59. The minimum Gasteiger partial charge on any atom is -0.100 e. The molecule has 0 aliphatic carbocycles. The van der Waals surface area contributed by atoms with Gasteiger partial charge in [-0.1, -0.05) is 31.1 Å². The molecule has 0 aromatic heterocycles. The predicted octanol–water partition coefficient (Wildman–Crippen LogP) is 4.34. The highest BCUT2D eigenvalue weighted by atomic mass is 14.2. The molecular weight excluding hydrogens is 144 g/mol. The smallest absolute Gasteiger partial charge is 0.0271 e. The Labute approximate surface area is 77.4 Å². The van der Waals surface area contributed by atoms with Crippen molar-refractivity contribution in [1.82, 2.24) is 0 Å². The molecule has 0 aromatic rings. The van der Waals surface area contributed by atoms with Gasteiger partial charge in [-0.3, -0.25) is 0 Å². The van der Waals surface area contributed by atoms with Gasteiger partial charge in [-0.15, -0.1) is 6.58 Å². The van der Waals surface area contributed by atoms with E-state index in [0.717, 1.165) is 12.8 Å². The third-order valence-corrected chi connectivity index (χ3v) is 1.84. The van der Waals surface area contributed by atoms with Gasteiger partial charge < -0.3 is 0 Å². The monoisotopic (exact) mass is 166 g/mol. The van der Waals surface area contributed by atoms with Crippen LogP contribution in [-0.2, 0) is 0 Å². The fourth-order valence-corrected chi connectivity index (χ4v) is 1.37. The average molecular weight is 166 g/mol. The first-order valence-corrected chi connectivity index (χ1v) is 4.61. The number of allylic oxidation sites excluding steroid dienone is 3. The third kappa shape index (κ3) is 6.21. The van der Waals surface area contributed by atoms with Gasteiger partial charge >= 0.3 is 0 Å². The van der Waals surface area contributed by atoms with E-state index in [0.29, 0.717) is 5.41 Å². The number of hydrogen-bond acceptors (Lipinski definition) is 0. The van der Waals surface area contributed by atoms with E-state index in [1.165, 1.54) is 11.1 Å². The lowest BCUT2D eigenvalue weighted by Crippen LogP contribution is -2.10. The molecule has 0 rings (SSSR count). The van der Waals surface area contributed by atoms with Crippen LogP contribution in [0.15, 0.2) is 23.8 Å². The normalized spacial score (nSPS) is 11.1. The van der Waals surface area contributed by atoms with Crippen LogP contribution in [0.3, 0.4) is 0 Å². The molecule has 0 aromatic carbocycles. The lowest BCUT2D eigenvalue weighted by atomic mass is 9.83. The first-order chi connectivity index (χ1) is 5.33. The molecule has 0 heterocycles. The summed E-state index contributed by atoms with van der Waals surface area (Å²) in [6.45, 7) is 14.9. The molecule has 0 N–H and O–H groups in total. The van der Waals surface area contributed by atoms with Gasteiger partial charge in [0, 0.05) is 0 Å².